The average Bonchev–Trinajstić information content (AvgIpc) is 3.27. The minimum Gasteiger partial charge on any atom is -0.454 e. The second-order valence-electron chi connectivity index (χ2n) is 8.31. The maximum absolute atomic E-state index is 14.9. The lowest BCUT2D eigenvalue weighted by atomic mass is 9.93. The Kier molecular flexibility index (Phi) is 5.98. The highest BCUT2D eigenvalue weighted by molar-refractivity contribution is 5.87. The molecule has 3 heterocycles. The molecule has 1 aliphatic heterocycles. The second-order valence-corrected chi connectivity index (χ2v) is 8.31. The zero-order chi connectivity index (χ0) is 24.5. The predicted molar refractivity (Wildman–Crippen MR) is 124 cm³/mol. The topological polar surface area (TPSA) is 60.2 Å². The van der Waals surface area contributed by atoms with E-state index in [1.165, 1.54) is 12.3 Å². The fraction of sp³-hybridized carbons (Fsp3) is 0.192. The molecule has 1 amide bonds. The highest BCUT2D eigenvalue weighted by Gasteiger charge is 2.29. The minimum absolute atomic E-state index is 0.146. The number of aromatic nitrogens is 3. The lowest BCUT2D eigenvalue weighted by Gasteiger charge is -2.31. The number of halogens is 3. The lowest BCUT2D eigenvalue weighted by molar-refractivity contribution is -0.127. The van der Waals surface area contributed by atoms with Crippen LogP contribution in [0.25, 0.3) is 16.6 Å². The molecule has 5 rings (SSSR count). The first-order valence-corrected chi connectivity index (χ1v) is 11.1. The summed E-state index contributed by atoms with van der Waals surface area (Å²) in [5, 5.41) is 5.09. The summed E-state index contributed by atoms with van der Waals surface area (Å²) in [6.45, 7) is 4.60. The summed E-state index contributed by atoms with van der Waals surface area (Å²) < 4.78 is 49.3. The summed E-state index contributed by atoms with van der Waals surface area (Å²) in [5.41, 5.74) is 1.65. The molecule has 0 N–H and O–H groups in total. The van der Waals surface area contributed by atoms with E-state index < -0.39 is 17.5 Å². The van der Waals surface area contributed by atoms with Gasteiger partial charge in [-0.25, -0.2) is 17.9 Å². The van der Waals surface area contributed by atoms with Crippen molar-refractivity contribution in [3.8, 4) is 17.2 Å². The van der Waals surface area contributed by atoms with E-state index in [0.29, 0.717) is 41.1 Å². The number of rotatable bonds is 5. The molecule has 2 aromatic carbocycles. The van der Waals surface area contributed by atoms with Crippen LogP contribution in [-0.2, 0) is 4.79 Å². The zero-order valence-corrected chi connectivity index (χ0v) is 18.6. The Balaban J connectivity index is 1.49. The number of hydrogen-bond acceptors (Lipinski definition) is 4. The van der Waals surface area contributed by atoms with Gasteiger partial charge in [0.05, 0.1) is 34.7 Å². The van der Waals surface area contributed by atoms with Crippen LogP contribution in [0.2, 0.25) is 0 Å². The van der Waals surface area contributed by atoms with Crippen LogP contribution < -0.4 is 4.74 Å². The van der Waals surface area contributed by atoms with Crippen LogP contribution in [-0.4, -0.2) is 38.7 Å². The summed E-state index contributed by atoms with van der Waals surface area (Å²) in [6.07, 6.45) is 5.51. The number of pyridine rings is 1. The molecule has 1 saturated heterocycles. The van der Waals surface area contributed by atoms with Gasteiger partial charge in [-0.2, -0.15) is 5.10 Å². The van der Waals surface area contributed by atoms with Crippen LogP contribution in [0.5, 0.6) is 11.5 Å². The monoisotopic (exact) mass is 478 g/mol. The summed E-state index contributed by atoms with van der Waals surface area (Å²) in [6, 6.07) is 9.51. The van der Waals surface area contributed by atoms with Gasteiger partial charge in [-0.05, 0) is 55.3 Å². The Bertz CT molecular complexity index is 1420. The normalized spacial score (nSPS) is 15.9. The minimum atomic E-state index is -0.684. The molecule has 178 valence electrons. The molecule has 1 fully saturated rings. The largest absolute Gasteiger partial charge is 0.454 e. The van der Waals surface area contributed by atoms with Crippen molar-refractivity contribution in [2.24, 2.45) is 0 Å². The summed E-state index contributed by atoms with van der Waals surface area (Å²) in [7, 11) is 0. The number of hydrogen-bond donors (Lipinski definition) is 0. The maximum atomic E-state index is 14.9. The Morgan fingerprint density at radius 3 is 2.66 bits per heavy atom. The number of ether oxygens (including phenoxy) is 1. The van der Waals surface area contributed by atoms with E-state index in [0.717, 1.165) is 37.2 Å². The Hall–Kier alpha value is -4.14. The smallest absolute Gasteiger partial charge is 0.245 e. The zero-order valence-electron chi connectivity index (χ0n) is 18.6. The number of likely N-dealkylation sites (tertiary alicyclic amines) is 1. The van der Waals surface area contributed by atoms with E-state index in [9.17, 15) is 18.0 Å². The molecule has 0 saturated carbocycles. The van der Waals surface area contributed by atoms with Crippen LogP contribution >= 0.6 is 0 Å². The molecular formula is C26H21F3N4O2. The van der Waals surface area contributed by atoms with Crippen LogP contribution in [0.15, 0.2) is 67.5 Å². The molecule has 4 aromatic rings. The Labute approximate surface area is 199 Å². The third-order valence-corrected chi connectivity index (χ3v) is 6.07. The Morgan fingerprint density at radius 1 is 1.09 bits per heavy atom. The molecule has 1 unspecified atom stereocenters. The number of nitrogens with zero attached hydrogens (tertiary/aromatic N) is 4. The average molecular weight is 478 g/mol. The Morgan fingerprint density at radius 2 is 1.89 bits per heavy atom. The molecule has 0 bridgehead atoms. The summed E-state index contributed by atoms with van der Waals surface area (Å²) in [5.74, 6) is -2.03. The van der Waals surface area contributed by atoms with Crippen LogP contribution in [0, 0.1) is 17.5 Å². The van der Waals surface area contributed by atoms with E-state index in [2.05, 4.69) is 11.6 Å². The van der Waals surface area contributed by atoms with Gasteiger partial charge in [0.15, 0.2) is 17.4 Å². The van der Waals surface area contributed by atoms with Gasteiger partial charge in [0, 0.05) is 25.1 Å². The maximum Gasteiger partial charge on any atom is 0.245 e. The van der Waals surface area contributed by atoms with Gasteiger partial charge >= 0.3 is 0 Å². The van der Waals surface area contributed by atoms with E-state index in [-0.39, 0.29) is 17.6 Å². The molecule has 1 aliphatic rings. The first-order valence-electron chi connectivity index (χ1n) is 11.1. The van der Waals surface area contributed by atoms with E-state index in [1.807, 2.05) is 0 Å². The standard InChI is InChI=1S/C26H21F3N4O2/c1-2-24(34)32-11-3-4-16(15-32)26-25-21(29)13-30-14-22(25)33(31-26)18-6-8-19(9-7-18)35-23-12-17(27)5-10-20(23)28/h2,5-10,12-14,16H,1,3-4,11,15H2. The molecule has 6 nitrogen and oxygen atoms in total. The van der Waals surface area contributed by atoms with E-state index >= 15 is 0 Å². The van der Waals surface area contributed by atoms with Crippen LogP contribution in [0.1, 0.15) is 24.5 Å². The molecule has 0 aliphatic carbocycles. The van der Waals surface area contributed by atoms with Crippen molar-refractivity contribution in [3.63, 3.8) is 0 Å². The predicted octanol–water partition coefficient (Wildman–Crippen LogP) is 5.52. The molecule has 0 spiro atoms. The third kappa shape index (κ3) is 4.37. The van der Waals surface area contributed by atoms with Gasteiger partial charge in [-0.15, -0.1) is 0 Å². The molecule has 2 aromatic heterocycles. The van der Waals surface area contributed by atoms with Crippen molar-refractivity contribution in [2.45, 2.75) is 18.8 Å². The number of carbonyl (C=O) groups is 1. The molecule has 9 heteroatoms. The van der Waals surface area contributed by atoms with Crippen molar-refractivity contribution >= 4 is 16.8 Å². The van der Waals surface area contributed by atoms with Gasteiger partial charge in [-0.1, -0.05) is 6.58 Å². The number of piperidine rings is 1. The van der Waals surface area contributed by atoms with Crippen molar-refractivity contribution in [2.75, 3.05) is 13.1 Å². The van der Waals surface area contributed by atoms with Crippen molar-refractivity contribution in [3.05, 3.63) is 90.7 Å². The third-order valence-electron chi connectivity index (χ3n) is 6.07. The molecule has 0 radical (unpaired) electrons. The van der Waals surface area contributed by atoms with Crippen LogP contribution in [0.3, 0.4) is 0 Å². The first kappa shape index (κ1) is 22.6. The van der Waals surface area contributed by atoms with E-state index in [1.54, 1.807) is 33.8 Å². The fourth-order valence-electron chi connectivity index (χ4n) is 4.40. The van der Waals surface area contributed by atoms with Gasteiger partial charge < -0.3 is 9.64 Å². The SMILES string of the molecule is C=CC(=O)N1CCCC(c2nn(-c3ccc(Oc4cc(F)ccc4F)cc3)c3cncc(F)c23)C1. The number of carbonyl (C=O) groups excluding carboxylic acids is 1. The van der Waals surface area contributed by atoms with Gasteiger partial charge in [0.2, 0.25) is 5.91 Å². The van der Waals surface area contributed by atoms with E-state index in [4.69, 9.17) is 9.84 Å². The number of benzene rings is 2. The second kappa shape index (κ2) is 9.25. The fourth-order valence-corrected chi connectivity index (χ4v) is 4.40. The quantitative estimate of drug-likeness (QED) is 0.355. The summed E-state index contributed by atoms with van der Waals surface area (Å²) in [4.78, 5) is 17.8. The highest BCUT2D eigenvalue weighted by atomic mass is 19.1. The molecular weight excluding hydrogens is 457 g/mol. The lowest BCUT2D eigenvalue weighted by Crippen LogP contribution is -2.38. The van der Waals surface area contributed by atoms with Crippen molar-refractivity contribution < 1.29 is 22.7 Å². The highest BCUT2D eigenvalue weighted by Crippen LogP contribution is 2.34. The number of amides is 1. The molecule has 35 heavy (non-hydrogen) atoms. The van der Waals surface area contributed by atoms with Crippen molar-refractivity contribution in [1.29, 1.82) is 0 Å². The van der Waals surface area contributed by atoms with Crippen molar-refractivity contribution in [1.82, 2.24) is 19.7 Å². The van der Waals surface area contributed by atoms with Gasteiger partial charge in [-0.3, -0.25) is 9.78 Å². The van der Waals surface area contributed by atoms with Gasteiger partial charge in [0.1, 0.15) is 11.6 Å². The van der Waals surface area contributed by atoms with Crippen LogP contribution in [0.4, 0.5) is 13.2 Å². The van der Waals surface area contributed by atoms with Gasteiger partial charge in [0.25, 0.3) is 0 Å². The first-order chi connectivity index (χ1) is 16.9. The number of fused-ring (bicyclic) bond motifs is 1. The summed E-state index contributed by atoms with van der Waals surface area (Å²) >= 11 is 0. The molecule has 1 atom stereocenters.